The summed E-state index contributed by atoms with van der Waals surface area (Å²) in [6.45, 7) is 1.68. The Hall–Kier alpha value is -1.36. The number of hydrogen-bond donors (Lipinski definition) is 1. The lowest BCUT2D eigenvalue weighted by atomic mass is 10.3. The number of rotatable bonds is 5. The normalized spacial score (nSPS) is 10.3. The largest absolute Gasteiger partial charge is 0.342 e. The van der Waals surface area contributed by atoms with Crippen LogP contribution in [0.2, 0.25) is 0 Å². The van der Waals surface area contributed by atoms with Gasteiger partial charge in [-0.25, -0.2) is 0 Å². The molecule has 0 aliphatic carbocycles. The highest BCUT2D eigenvalue weighted by molar-refractivity contribution is 5.93. The SMILES string of the molecule is CNCCCN(C)C(=O)c1cnn(C)c1. The van der Waals surface area contributed by atoms with Gasteiger partial charge >= 0.3 is 0 Å². The number of hydrogen-bond acceptors (Lipinski definition) is 3. The molecule has 0 unspecified atom stereocenters. The van der Waals surface area contributed by atoms with Crippen molar-refractivity contribution in [1.29, 1.82) is 0 Å². The molecule has 0 saturated carbocycles. The van der Waals surface area contributed by atoms with Crippen molar-refractivity contribution < 1.29 is 4.79 Å². The quantitative estimate of drug-likeness (QED) is 0.701. The fourth-order valence-corrected chi connectivity index (χ4v) is 1.35. The molecule has 0 aliphatic heterocycles. The van der Waals surface area contributed by atoms with Crippen molar-refractivity contribution in [3.63, 3.8) is 0 Å². The van der Waals surface area contributed by atoms with E-state index < -0.39 is 0 Å². The standard InChI is InChI=1S/C10H18N4O/c1-11-5-4-6-13(2)10(15)9-7-12-14(3)8-9/h7-8,11H,4-6H2,1-3H3. The van der Waals surface area contributed by atoms with Crippen LogP contribution in [0.4, 0.5) is 0 Å². The van der Waals surface area contributed by atoms with E-state index in [2.05, 4.69) is 10.4 Å². The van der Waals surface area contributed by atoms with Crippen LogP contribution < -0.4 is 5.32 Å². The third-order valence-corrected chi connectivity index (χ3v) is 2.22. The molecule has 0 aromatic carbocycles. The van der Waals surface area contributed by atoms with Crippen LogP contribution in [0, 0.1) is 0 Å². The van der Waals surface area contributed by atoms with Gasteiger partial charge in [-0.05, 0) is 20.0 Å². The lowest BCUT2D eigenvalue weighted by Gasteiger charge is -2.15. The Bertz CT molecular complexity index is 321. The molecule has 1 aromatic heterocycles. The Morgan fingerprint density at radius 1 is 1.67 bits per heavy atom. The summed E-state index contributed by atoms with van der Waals surface area (Å²) in [4.78, 5) is 13.5. The summed E-state index contributed by atoms with van der Waals surface area (Å²) in [6.07, 6.45) is 4.28. The minimum atomic E-state index is 0.0270. The van der Waals surface area contributed by atoms with E-state index in [-0.39, 0.29) is 5.91 Å². The van der Waals surface area contributed by atoms with Gasteiger partial charge in [-0.1, -0.05) is 0 Å². The van der Waals surface area contributed by atoms with Crippen molar-refractivity contribution in [2.24, 2.45) is 7.05 Å². The molecule has 84 valence electrons. The van der Waals surface area contributed by atoms with Crippen molar-refractivity contribution in [1.82, 2.24) is 20.0 Å². The van der Waals surface area contributed by atoms with Crippen LogP contribution in [0.3, 0.4) is 0 Å². The third kappa shape index (κ3) is 3.36. The van der Waals surface area contributed by atoms with E-state index in [1.54, 1.807) is 29.0 Å². The van der Waals surface area contributed by atoms with Crippen LogP contribution in [0.15, 0.2) is 12.4 Å². The van der Waals surface area contributed by atoms with E-state index in [1.807, 2.05) is 14.1 Å². The van der Waals surface area contributed by atoms with Gasteiger partial charge < -0.3 is 10.2 Å². The second-order valence-electron chi connectivity index (χ2n) is 3.59. The molecule has 0 spiro atoms. The highest BCUT2D eigenvalue weighted by Gasteiger charge is 2.12. The van der Waals surface area contributed by atoms with Gasteiger partial charge in [0.05, 0.1) is 11.8 Å². The molecule has 5 heteroatoms. The fourth-order valence-electron chi connectivity index (χ4n) is 1.35. The minimum Gasteiger partial charge on any atom is -0.342 e. The smallest absolute Gasteiger partial charge is 0.256 e. The van der Waals surface area contributed by atoms with Gasteiger partial charge in [0.25, 0.3) is 5.91 Å². The zero-order valence-corrected chi connectivity index (χ0v) is 9.53. The Morgan fingerprint density at radius 2 is 2.40 bits per heavy atom. The van der Waals surface area contributed by atoms with Crippen molar-refractivity contribution in [3.8, 4) is 0 Å². The number of nitrogens with zero attached hydrogens (tertiary/aromatic N) is 3. The maximum Gasteiger partial charge on any atom is 0.256 e. The van der Waals surface area contributed by atoms with Gasteiger partial charge in [0, 0.05) is 26.8 Å². The first kappa shape index (κ1) is 11.7. The number of carbonyl (C=O) groups excluding carboxylic acids is 1. The number of aryl methyl sites for hydroxylation is 1. The number of carbonyl (C=O) groups is 1. The second-order valence-corrected chi connectivity index (χ2v) is 3.59. The maximum absolute atomic E-state index is 11.8. The van der Waals surface area contributed by atoms with Gasteiger partial charge in [-0.2, -0.15) is 5.10 Å². The predicted octanol–water partition coefficient (Wildman–Crippen LogP) is 0.102. The van der Waals surface area contributed by atoms with Gasteiger partial charge in [0.2, 0.25) is 0 Å². The summed E-state index contributed by atoms with van der Waals surface area (Å²) in [5.41, 5.74) is 0.643. The van der Waals surface area contributed by atoms with E-state index in [4.69, 9.17) is 0 Å². The molecule has 1 aromatic rings. The molecular formula is C10H18N4O. The van der Waals surface area contributed by atoms with Crippen molar-refractivity contribution >= 4 is 5.91 Å². The Balaban J connectivity index is 2.46. The van der Waals surface area contributed by atoms with Crippen LogP contribution >= 0.6 is 0 Å². The van der Waals surface area contributed by atoms with Crippen molar-refractivity contribution in [3.05, 3.63) is 18.0 Å². The van der Waals surface area contributed by atoms with Crippen molar-refractivity contribution in [2.75, 3.05) is 27.2 Å². The molecule has 1 amide bonds. The first-order valence-electron chi connectivity index (χ1n) is 5.04. The van der Waals surface area contributed by atoms with E-state index in [1.165, 1.54) is 0 Å². The Labute approximate surface area is 90.1 Å². The predicted molar refractivity (Wildman–Crippen MR) is 58.7 cm³/mol. The molecule has 0 aliphatic rings. The maximum atomic E-state index is 11.8. The Morgan fingerprint density at radius 3 is 2.93 bits per heavy atom. The summed E-state index contributed by atoms with van der Waals surface area (Å²) in [5, 5.41) is 7.02. The molecule has 0 atom stereocenters. The summed E-state index contributed by atoms with van der Waals surface area (Å²) in [7, 11) is 5.52. The average Bonchev–Trinajstić information content (AvgIpc) is 2.64. The van der Waals surface area contributed by atoms with Gasteiger partial charge in [0.15, 0.2) is 0 Å². The van der Waals surface area contributed by atoms with Gasteiger partial charge in [0.1, 0.15) is 0 Å². The number of amides is 1. The van der Waals surface area contributed by atoms with Crippen LogP contribution in [0.5, 0.6) is 0 Å². The van der Waals surface area contributed by atoms with E-state index in [9.17, 15) is 4.79 Å². The first-order chi connectivity index (χ1) is 7.15. The highest BCUT2D eigenvalue weighted by atomic mass is 16.2. The topological polar surface area (TPSA) is 50.2 Å². The summed E-state index contributed by atoms with van der Waals surface area (Å²) < 4.78 is 1.63. The molecule has 0 radical (unpaired) electrons. The van der Waals surface area contributed by atoms with Crippen LogP contribution in [0.25, 0.3) is 0 Å². The molecular weight excluding hydrogens is 192 g/mol. The third-order valence-electron chi connectivity index (χ3n) is 2.22. The number of aromatic nitrogens is 2. The molecule has 15 heavy (non-hydrogen) atoms. The van der Waals surface area contributed by atoms with E-state index in [0.29, 0.717) is 5.56 Å². The van der Waals surface area contributed by atoms with Gasteiger partial charge in [-0.15, -0.1) is 0 Å². The van der Waals surface area contributed by atoms with E-state index in [0.717, 1.165) is 19.5 Å². The number of nitrogens with one attached hydrogen (secondary N) is 1. The highest BCUT2D eigenvalue weighted by Crippen LogP contribution is 2.01. The summed E-state index contributed by atoms with van der Waals surface area (Å²) >= 11 is 0. The summed E-state index contributed by atoms with van der Waals surface area (Å²) in [6, 6.07) is 0. The zero-order chi connectivity index (χ0) is 11.3. The zero-order valence-electron chi connectivity index (χ0n) is 9.53. The molecule has 0 fully saturated rings. The minimum absolute atomic E-state index is 0.0270. The van der Waals surface area contributed by atoms with Crippen LogP contribution in [-0.4, -0.2) is 47.8 Å². The first-order valence-corrected chi connectivity index (χ1v) is 5.04. The fraction of sp³-hybridized carbons (Fsp3) is 0.600. The molecule has 0 bridgehead atoms. The van der Waals surface area contributed by atoms with Crippen LogP contribution in [0.1, 0.15) is 16.8 Å². The molecule has 1 N–H and O–H groups in total. The summed E-state index contributed by atoms with van der Waals surface area (Å²) in [5.74, 6) is 0.0270. The van der Waals surface area contributed by atoms with Gasteiger partial charge in [-0.3, -0.25) is 9.48 Å². The molecule has 0 saturated heterocycles. The lowest BCUT2D eigenvalue weighted by molar-refractivity contribution is 0.0793. The van der Waals surface area contributed by atoms with E-state index >= 15 is 0 Å². The monoisotopic (exact) mass is 210 g/mol. The molecule has 1 rings (SSSR count). The molecule has 1 heterocycles. The molecule has 5 nitrogen and oxygen atoms in total. The average molecular weight is 210 g/mol. The van der Waals surface area contributed by atoms with Crippen molar-refractivity contribution in [2.45, 2.75) is 6.42 Å². The van der Waals surface area contributed by atoms with Crippen LogP contribution in [-0.2, 0) is 7.05 Å². The second kappa shape index (κ2) is 5.50. The lowest BCUT2D eigenvalue weighted by Crippen LogP contribution is -2.29. The Kier molecular flexibility index (Phi) is 4.30.